The molecule has 2 aliphatic rings. The van der Waals surface area contributed by atoms with Gasteiger partial charge in [-0.2, -0.15) is 0 Å². The molecule has 1 saturated heterocycles. The summed E-state index contributed by atoms with van der Waals surface area (Å²) < 4.78 is 5.62. The van der Waals surface area contributed by atoms with Gasteiger partial charge in [0.25, 0.3) is 0 Å². The minimum atomic E-state index is -0.146. The fourth-order valence-electron chi connectivity index (χ4n) is 4.12. The Balaban J connectivity index is 1.25. The molecule has 1 aliphatic heterocycles. The lowest BCUT2D eigenvalue weighted by Gasteiger charge is -2.36. The Bertz CT molecular complexity index is 862. The van der Waals surface area contributed by atoms with Crippen molar-refractivity contribution in [2.45, 2.75) is 56.2 Å². The van der Waals surface area contributed by atoms with Crippen LogP contribution >= 0.6 is 11.8 Å². The van der Waals surface area contributed by atoms with Crippen molar-refractivity contribution in [3.8, 4) is 11.3 Å². The van der Waals surface area contributed by atoms with E-state index in [1.165, 1.54) is 17.7 Å². The maximum absolute atomic E-state index is 12.4. The summed E-state index contributed by atoms with van der Waals surface area (Å²) in [6, 6.07) is 8.83. The van der Waals surface area contributed by atoms with Gasteiger partial charge in [-0.05, 0) is 64.0 Å². The molecule has 0 spiro atoms. The van der Waals surface area contributed by atoms with Gasteiger partial charge in [0.2, 0.25) is 0 Å². The number of amides is 1. The number of nitrogens with zero attached hydrogens (tertiary/aromatic N) is 4. The molecule has 1 aromatic heterocycles. The van der Waals surface area contributed by atoms with Gasteiger partial charge in [0.05, 0.1) is 23.8 Å². The second-order valence-corrected chi connectivity index (χ2v) is 9.56. The van der Waals surface area contributed by atoms with Crippen LogP contribution in [-0.2, 0) is 11.3 Å². The molecule has 1 aromatic carbocycles. The molecule has 6 nitrogen and oxygen atoms in total. The van der Waals surface area contributed by atoms with Gasteiger partial charge >= 0.3 is 6.09 Å². The third-order valence-electron chi connectivity index (χ3n) is 6.42. The minimum absolute atomic E-state index is 0.0536. The average Bonchev–Trinajstić information content (AvgIpc) is 3.65. The number of likely N-dealkylation sites (tertiary alicyclic amines) is 1. The zero-order valence-corrected chi connectivity index (χ0v) is 19.5. The van der Waals surface area contributed by atoms with Crippen LogP contribution in [0.4, 0.5) is 4.79 Å². The number of carbonyl (C=O) groups is 1. The van der Waals surface area contributed by atoms with Crippen LogP contribution in [0, 0.1) is 5.92 Å². The van der Waals surface area contributed by atoms with Crippen LogP contribution in [0.2, 0.25) is 0 Å². The van der Waals surface area contributed by atoms with E-state index in [-0.39, 0.29) is 12.2 Å². The summed E-state index contributed by atoms with van der Waals surface area (Å²) in [6.07, 6.45) is 10.0. The van der Waals surface area contributed by atoms with Gasteiger partial charge in [-0.3, -0.25) is 14.9 Å². The fourth-order valence-corrected chi connectivity index (χ4v) is 4.52. The van der Waals surface area contributed by atoms with Crippen molar-refractivity contribution in [3.63, 3.8) is 0 Å². The predicted octanol–water partition coefficient (Wildman–Crippen LogP) is 4.70. The van der Waals surface area contributed by atoms with Crippen molar-refractivity contribution < 1.29 is 9.53 Å². The maximum Gasteiger partial charge on any atom is 0.410 e. The number of thioether (sulfide) groups is 1. The van der Waals surface area contributed by atoms with E-state index in [2.05, 4.69) is 52.4 Å². The van der Waals surface area contributed by atoms with E-state index in [1.807, 2.05) is 24.2 Å². The van der Waals surface area contributed by atoms with Gasteiger partial charge in [-0.25, -0.2) is 4.79 Å². The minimum Gasteiger partial charge on any atom is -0.446 e. The highest BCUT2D eigenvalue weighted by Gasteiger charge is 2.33. The zero-order chi connectivity index (χ0) is 21.8. The molecule has 1 aliphatic carbocycles. The molecule has 2 fully saturated rings. The first kappa shape index (κ1) is 22.1. The summed E-state index contributed by atoms with van der Waals surface area (Å²) in [5.41, 5.74) is 2.94. The average molecular weight is 441 g/mol. The monoisotopic (exact) mass is 440 g/mol. The van der Waals surface area contributed by atoms with E-state index >= 15 is 0 Å². The Morgan fingerprint density at radius 2 is 1.87 bits per heavy atom. The lowest BCUT2D eigenvalue weighted by molar-refractivity contribution is 0.0455. The van der Waals surface area contributed by atoms with Crippen molar-refractivity contribution in [3.05, 3.63) is 42.4 Å². The maximum atomic E-state index is 12.4. The quantitative estimate of drug-likeness (QED) is 0.582. The summed E-state index contributed by atoms with van der Waals surface area (Å²) in [6.45, 7) is 4.28. The van der Waals surface area contributed by atoms with Crippen LogP contribution in [-0.4, -0.2) is 64.4 Å². The predicted molar refractivity (Wildman–Crippen MR) is 124 cm³/mol. The zero-order valence-electron chi connectivity index (χ0n) is 18.7. The number of piperidine rings is 1. The summed E-state index contributed by atoms with van der Waals surface area (Å²) in [7, 11) is 2.13. The van der Waals surface area contributed by atoms with Crippen LogP contribution in [0.1, 0.15) is 38.3 Å². The van der Waals surface area contributed by atoms with Crippen LogP contribution in [0.25, 0.3) is 11.3 Å². The number of hydrogen-bond donors (Lipinski definition) is 0. The Labute approximate surface area is 189 Å². The molecule has 1 unspecified atom stereocenters. The van der Waals surface area contributed by atoms with E-state index in [0.717, 1.165) is 49.4 Å². The van der Waals surface area contributed by atoms with Crippen molar-refractivity contribution in [1.82, 2.24) is 19.8 Å². The van der Waals surface area contributed by atoms with E-state index in [4.69, 9.17) is 4.74 Å². The van der Waals surface area contributed by atoms with Crippen molar-refractivity contribution in [2.24, 2.45) is 5.92 Å². The summed E-state index contributed by atoms with van der Waals surface area (Å²) in [4.78, 5) is 27.0. The van der Waals surface area contributed by atoms with Crippen molar-refractivity contribution in [1.29, 1.82) is 0 Å². The van der Waals surface area contributed by atoms with E-state index in [1.54, 1.807) is 11.8 Å². The Morgan fingerprint density at radius 1 is 1.16 bits per heavy atom. The second-order valence-electron chi connectivity index (χ2n) is 8.68. The fraction of sp³-hybridized carbons (Fsp3) is 0.542. The highest BCUT2D eigenvalue weighted by atomic mass is 32.2. The normalized spacial score (nSPS) is 18.3. The molecule has 7 heteroatoms. The smallest absolute Gasteiger partial charge is 0.410 e. The van der Waals surface area contributed by atoms with Crippen LogP contribution in [0.3, 0.4) is 0 Å². The molecule has 0 N–H and O–H groups in total. The van der Waals surface area contributed by atoms with E-state index < -0.39 is 0 Å². The molecule has 166 valence electrons. The molecule has 1 atom stereocenters. The molecule has 0 bridgehead atoms. The molecule has 2 aromatic rings. The van der Waals surface area contributed by atoms with Crippen LogP contribution < -0.4 is 0 Å². The van der Waals surface area contributed by atoms with Crippen LogP contribution in [0.15, 0.2) is 41.6 Å². The van der Waals surface area contributed by atoms with Gasteiger partial charge in [-0.1, -0.05) is 12.1 Å². The van der Waals surface area contributed by atoms with E-state index in [0.29, 0.717) is 12.0 Å². The Morgan fingerprint density at radius 3 is 2.45 bits per heavy atom. The first-order chi connectivity index (χ1) is 15.0. The number of carbonyl (C=O) groups excluding carboxylic acids is 1. The number of aromatic nitrogens is 2. The van der Waals surface area contributed by atoms with Crippen LogP contribution in [0.5, 0.6) is 0 Å². The molecule has 1 saturated carbocycles. The highest BCUT2D eigenvalue weighted by Crippen LogP contribution is 2.34. The third-order valence-corrected chi connectivity index (χ3v) is 7.16. The van der Waals surface area contributed by atoms with Gasteiger partial charge in [0.15, 0.2) is 0 Å². The Hall–Kier alpha value is -2.12. The topological polar surface area (TPSA) is 58.6 Å². The molecule has 31 heavy (non-hydrogen) atoms. The van der Waals surface area contributed by atoms with Gasteiger partial charge in [-0.15, -0.1) is 11.8 Å². The molecule has 0 radical (unpaired) electrons. The van der Waals surface area contributed by atoms with Gasteiger partial charge in [0.1, 0.15) is 6.10 Å². The number of hydrogen-bond acceptors (Lipinski definition) is 6. The first-order valence-corrected chi connectivity index (χ1v) is 12.4. The first-order valence-electron chi connectivity index (χ1n) is 11.1. The second kappa shape index (κ2) is 10.0. The third kappa shape index (κ3) is 5.77. The molecule has 2 heterocycles. The van der Waals surface area contributed by atoms with Gasteiger partial charge < -0.3 is 9.64 Å². The summed E-state index contributed by atoms with van der Waals surface area (Å²) in [5, 5.41) is 0. The van der Waals surface area contributed by atoms with E-state index in [9.17, 15) is 4.79 Å². The standard InChI is InChI=1S/C24H32N4O2S/c1-17(18-4-5-18)30-24(29)28-12-10-21(11-13-28)27(2)16-20-14-26-23(15-25-20)19-6-8-22(31-3)9-7-19/h6-9,14-15,17-18,21H,4-5,10-13,16H2,1-3H3. The SMILES string of the molecule is CSc1ccc(-c2cnc(CN(C)C3CCN(C(=O)OC(C)C4CC4)CC3)cn2)cc1. The van der Waals surface area contributed by atoms with Crippen molar-refractivity contribution in [2.75, 3.05) is 26.4 Å². The number of benzene rings is 1. The lowest BCUT2D eigenvalue weighted by atomic mass is 10.0. The molecular formula is C24H32N4O2S. The summed E-state index contributed by atoms with van der Waals surface area (Å²) >= 11 is 1.73. The molecule has 1 amide bonds. The molecule has 4 rings (SSSR count). The Kier molecular flexibility index (Phi) is 7.13. The highest BCUT2D eigenvalue weighted by molar-refractivity contribution is 7.98. The molecular weight excluding hydrogens is 408 g/mol. The summed E-state index contributed by atoms with van der Waals surface area (Å²) in [5.74, 6) is 0.579. The largest absolute Gasteiger partial charge is 0.446 e. The number of rotatable bonds is 7. The van der Waals surface area contributed by atoms with Crippen molar-refractivity contribution >= 4 is 17.9 Å². The number of ether oxygens (including phenoxy) is 1. The lowest BCUT2D eigenvalue weighted by Crippen LogP contribution is -2.46. The van der Waals surface area contributed by atoms with Gasteiger partial charge in [0, 0.05) is 36.1 Å².